The molecule has 0 aliphatic carbocycles. The molecular weight excluding hydrogens is 462 g/mol. The van der Waals surface area contributed by atoms with Crippen LogP contribution in [0, 0.1) is 5.92 Å². The van der Waals surface area contributed by atoms with Gasteiger partial charge < -0.3 is 29.0 Å². The zero-order valence-electron chi connectivity index (χ0n) is 21.1. The molecule has 194 valence electrons. The summed E-state index contributed by atoms with van der Waals surface area (Å²) in [4.78, 5) is 20.0. The molecule has 5 rings (SSSR count). The molecule has 3 aliphatic rings. The van der Waals surface area contributed by atoms with Gasteiger partial charge in [-0.3, -0.25) is 14.6 Å². The van der Waals surface area contributed by atoms with Crippen molar-refractivity contribution in [2.24, 2.45) is 5.92 Å². The highest BCUT2D eigenvalue weighted by Crippen LogP contribution is 2.38. The SMILES string of the molecule is COc1cc(CN2CCC(C(=O)N3CCN(Cc4ccc5c(c4)OCO5)CC3)CC2)cc(OC)c1O. The monoisotopic (exact) mass is 497 g/mol. The maximum Gasteiger partial charge on any atom is 0.231 e. The lowest BCUT2D eigenvalue weighted by molar-refractivity contribution is -0.139. The fourth-order valence-electron chi connectivity index (χ4n) is 5.32. The van der Waals surface area contributed by atoms with Crippen molar-refractivity contribution in [1.82, 2.24) is 14.7 Å². The number of ether oxygens (including phenoxy) is 4. The number of rotatable bonds is 7. The van der Waals surface area contributed by atoms with Gasteiger partial charge in [0.1, 0.15) is 0 Å². The third-order valence-corrected chi connectivity index (χ3v) is 7.41. The Kier molecular flexibility index (Phi) is 7.38. The number of likely N-dealkylation sites (tertiary alicyclic amines) is 1. The number of methoxy groups -OCH3 is 2. The number of phenols is 1. The van der Waals surface area contributed by atoms with E-state index in [-0.39, 0.29) is 11.7 Å². The lowest BCUT2D eigenvalue weighted by Crippen LogP contribution is -2.51. The molecule has 0 atom stereocenters. The molecule has 0 unspecified atom stereocenters. The molecule has 0 spiro atoms. The maximum absolute atomic E-state index is 13.2. The highest BCUT2D eigenvalue weighted by Gasteiger charge is 2.30. The molecule has 0 radical (unpaired) electrons. The number of amides is 1. The highest BCUT2D eigenvalue weighted by molar-refractivity contribution is 5.79. The predicted octanol–water partition coefficient (Wildman–Crippen LogP) is 2.69. The number of piperidine rings is 1. The van der Waals surface area contributed by atoms with Crippen LogP contribution in [0.3, 0.4) is 0 Å². The minimum Gasteiger partial charge on any atom is -0.502 e. The molecule has 1 N–H and O–H groups in total. The summed E-state index contributed by atoms with van der Waals surface area (Å²) in [5, 5.41) is 10.1. The zero-order valence-corrected chi connectivity index (χ0v) is 21.1. The molecule has 0 bridgehead atoms. The smallest absolute Gasteiger partial charge is 0.231 e. The Labute approximate surface area is 212 Å². The summed E-state index contributed by atoms with van der Waals surface area (Å²) in [6.45, 7) is 6.91. The second-order valence-corrected chi connectivity index (χ2v) is 9.69. The van der Waals surface area contributed by atoms with Crippen LogP contribution >= 0.6 is 0 Å². The van der Waals surface area contributed by atoms with Crippen molar-refractivity contribution in [2.45, 2.75) is 25.9 Å². The molecule has 0 aromatic heterocycles. The average molecular weight is 498 g/mol. The Balaban J connectivity index is 1.08. The van der Waals surface area contributed by atoms with Gasteiger partial charge in [0, 0.05) is 45.2 Å². The molecule has 3 heterocycles. The largest absolute Gasteiger partial charge is 0.502 e. The van der Waals surface area contributed by atoms with Crippen LogP contribution < -0.4 is 18.9 Å². The molecule has 2 fully saturated rings. The fraction of sp³-hybridized carbons (Fsp3) is 0.519. The molecule has 9 nitrogen and oxygen atoms in total. The first-order valence-electron chi connectivity index (χ1n) is 12.6. The lowest BCUT2D eigenvalue weighted by Gasteiger charge is -2.38. The van der Waals surface area contributed by atoms with Crippen molar-refractivity contribution in [3.8, 4) is 28.7 Å². The Morgan fingerprint density at radius 3 is 2.14 bits per heavy atom. The van der Waals surface area contributed by atoms with Gasteiger partial charge in [-0.15, -0.1) is 0 Å². The molecule has 36 heavy (non-hydrogen) atoms. The molecular formula is C27H35N3O6. The van der Waals surface area contributed by atoms with Crippen LogP contribution in [-0.4, -0.2) is 86.0 Å². The van der Waals surface area contributed by atoms with Crippen LogP contribution in [0.15, 0.2) is 30.3 Å². The Bertz CT molecular complexity index is 1050. The van der Waals surface area contributed by atoms with Crippen LogP contribution in [0.25, 0.3) is 0 Å². The van der Waals surface area contributed by atoms with Gasteiger partial charge in [-0.05, 0) is 61.3 Å². The second-order valence-electron chi connectivity index (χ2n) is 9.69. The van der Waals surface area contributed by atoms with Gasteiger partial charge in [-0.2, -0.15) is 0 Å². The van der Waals surface area contributed by atoms with E-state index in [1.54, 1.807) is 0 Å². The third kappa shape index (κ3) is 5.32. The van der Waals surface area contributed by atoms with Crippen molar-refractivity contribution in [1.29, 1.82) is 0 Å². The van der Waals surface area contributed by atoms with Gasteiger partial charge in [0.2, 0.25) is 18.4 Å². The first-order valence-corrected chi connectivity index (χ1v) is 12.6. The predicted molar refractivity (Wildman–Crippen MR) is 134 cm³/mol. The zero-order chi connectivity index (χ0) is 25.1. The van der Waals surface area contributed by atoms with E-state index in [1.165, 1.54) is 19.8 Å². The van der Waals surface area contributed by atoms with Gasteiger partial charge in [-0.1, -0.05) is 6.07 Å². The summed E-state index contributed by atoms with van der Waals surface area (Å²) in [5.74, 6) is 2.85. The molecule has 2 saturated heterocycles. The van der Waals surface area contributed by atoms with Crippen LogP contribution in [-0.2, 0) is 17.9 Å². The van der Waals surface area contributed by atoms with Crippen molar-refractivity contribution < 1.29 is 28.8 Å². The number of piperazine rings is 1. The van der Waals surface area contributed by atoms with Crippen LogP contribution in [0.4, 0.5) is 0 Å². The summed E-state index contributed by atoms with van der Waals surface area (Å²) < 4.78 is 21.4. The standard InChI is InChI=1S/C27H35N3O6/c1-33-24-14-20(15-25(34-2)26(24)31)17-28-7-5-21(6-8-28)27(32)30-11-9-29(10-12-30)16-19-3-4-22-23(13-19)36-18-35-22/h3-4,13-15,21,31H,5-12,16-18H2,1-2H3. The number of phenolic OH excluding ortho intramolecular Hbond substituents is 1. The minimum absolute atomic E-state index is 0.0176. The van der Waals surface area contributed by atoms with E-state index < -0.39 is 0 Å². The summed E-state index contributed by atoms with van der Waals surface area (Å²) >= 11 is 0. The quantitative estimate of drug-likeness (QED) is 0.625. The number of carbonyl (C=O) groups is 1. The second kappa shape index (κ2) is 10.8. The summed E-state index contributed by atoms with van der Waals surface area (Å²) in [6, 6.07) is 9.80. The lowest BCUT2D eigenvalue weighted by atomic mass is 9.94. The number of hydrogen-bond acceptors (Lipinski definition) is 8. The summed E-state index contributed by atoms with van der Waals surface area (Å²) in [6.07, 6.45) is 1.73. The summed E-state index contributed by atoms with van der Waals surface area (Å²) in [7, 11) is 3.07. The topological polar surface area (TPSA) is 83.9 Å². The molecule has 2 aromatic rings. The van der Waals surface area contributed by atoms with Gasteiger partial charge in [0.15, 0.2) is 23.0 Å². The number of hydrogen-bond donors (Lipinski definition) is 1. The maximum atomic E-state index is 13.2. The van der Waals surface area contributed by atoms with Gasteiger partial charge >= 0.3 is 0 Å². The van der Waals surface area contributed by atoms with Crippen molar-refractivity contribution in [3.63, 3.8) is 0 Å². The molecule has 9 heteroatoms. The number of fused-ring (bicyclic) bond motifs is 1. The molecule has 1 amide bonds. The van der Waals surface area contributed by atoms with Gasteiger partial charge in [0.05, 0.1) is 14.2 Å². The van der Waals surface area contributed by atoms with E-state index in [2.05, 4.69) is 21.9 Å². The molecule has 0 saturated carbocycles. The first-order chi connectivity index (χ1) is 17.5. The van der Waals surface area contributed by atoms with E-state index in [0.717, 1.165) is 82.3 Å². The Hall–Kier alpha value is -3.17. The van der Waals surface area contributed by atoms with E-state index in [4.69, 9.17) is 18.9 Å². The number of aromatic hydroxyl groups is 1. The van der Waals surface area contributed by atoms with Crippen molar-refractivity contribution >= 4 is 5.91 Å². The normalized spacial score (nSPS) is 18.9. The Morgan fingerprint density at radius 2 is 1.47 bits per heavy atom. The Morgan fingerprint density at radius 1 is 0.861 bits per heavy atom. The van der Waals surface area contributed by atoms with Gasteiger partial charge in [0.25, 0.3) is 0 Å². The molecule has 3 aliphatic heterocycles. The summed E-state index contributed by atoms with van der Waals surface area (Å²) in [5.41, 5.74) is 2.22. The number of nitrogens with zero attached hydrogens (tertiary/aromatic N) is 3. The highest BCUT2D eigenvalue weighted by atomic mass is 16.7. The van der Waals surface area contributed by atoms with E-state index >= 15 is 0 Å². The minimum atomic E-state index is 0.0176. The number of benzene rings is 2. The average Bonchev–Trinajstić information content (AvgIpc) is 3.38. The van der Waals surface area contributed by atoms with E-state index in [0.29, 0.717) is 24.2 Å². The van der Waals surface area contributed by atoms with Crippen molar-refractivity contribution in [3.05, 3.63) is 41.5 Å². The van der Waals surface area contributed by atoms with E-state index in [1.807, 2.05) is 23.1 Å². The van der Waals surface area contributed by atoms with E-state index in [9.17, 15) is 9.90 Å². The third-order valence-electron chi connectivity index (χ3n) is 7.41. The van der Waals surface area contributed by atoms with Gasteiger partial charge in [-0.25, -0.2) is 0 Å². The fourth-order valence-corrected chi connectivity index (χ4v) is 5.32. The first kappa shape index (κ1) is 24.5. The van der Waals surface area contributed by atoms with Crippen LogP contribution in [0.5, 0.6) is 28.7 Å². The van der Waals surface area contributed by atoms with Crippen LogP contribution in [0.2, 0.25) is 0 Å². The van der Waals surface area contributed by atoms with Crippen LogP contribution in [0.1, 0.15) is 24.0 Å². The number of carbonyl (C=O) groups excluding carboxylic acids is 1. The van der Waals surface area contributed by atoms with Crippen molar-refractivity contribution in [2.75, 3.05) is 60.3 Å². The molecule has 2 aromatic carbocycles.